The predicted octanol–water partition coefficient (Wildman–Crippen LogP) is 1.37. The topological polar surface area (TPSA) is 134 Å². The lowest BCUT2D eigenvalue weighted by Crippen LogP contribution is -2.34. The Kier molecular flexibility index (Phi) is 3.99. The number of benzene rings is 1. The van der Waals surface area contributed by atoms with Gasteiger partial charge in [-0.1, -0.05) is 29.4 Å². The number of nitrogens with zero attached hydrogens (tertiary/aromatic N) is 3. The number of amides is 1. The van der Waals surface area contributed by atoms with E-state index in [1.165, 1.54) is 4.90 Å². The summed E-state index contributed by atoms with van der Waals surface area (Å²) in [6.45, 7) is 1.78. The highest BCUT2D eigenvalue weighted by Gasteiger charge is 2.81. The molecule has 2 fully saturated rings. The Balaban J connectivity index is 1.41. The van der Waals surface area contributed by atoms with E-state index in [4.69, 9.17) is 4.52 Å². The number of hydrogen-bond acceptors (Lipinski definition) is 6. The Hall–Kier alpha value is -3.23. The summed E-state index contributed by atoms with van der Waals surface area (Å²) in [5, 5.41) is 22.8. The number of carbonyl (C=O) groups excluding carboxylic acids is 1. The summed E-state index contributed by atoms with van der Waals surface area (Å²) >= 11 is 0. The van der Waals surface area contributed by atoms with E-state index in [9.17, 15) is 24.6 Å². The molecule has 2 N–H and O–H groups in total. The zero-order valence-corrected chi connectivity index (χ0v) is 15.2. The molecule has 2 aromatic rings. The minimum Gasteiger partial charge on any atom is -0.481 e. The predicted molar refractivity (Wildman–Crippen MR) is 94.1 cm³/mol. The highest BCUT2D eigenvalue weighted by atomic mass is 16.5. The fourth-order valence-electron chi connectivity index (χ4n) is 4.13. The van der Waals surface area contributed by atoms with Gasteiger partial charge in [0.15, 0.2) is 0 Å². The van der Waals surface area contributed by atoms with Crippen LogP contribution in [0.3, 0.4) is 0 Å². The van der Waals surface area contributed by atoms with Gasteiger partial charge in [-0.05, 0) is 18.9 Å². The molecule has 0 radical (unpaired) electrons. The minimum absolute atomic E-state index is 0.0425. The van der Waals surface area contributed by atoms with E-state index in [0.29, 0.717) is 11.7 Å². The van der Waals surface area contributed by atoms with Crippen LogP contribution in [0.1, 0.15) is 24.3 Å². The largest absolute Gasteiger partial charge is 0.481 e. The van der Waals surface area contributed by atoms with Crippen LogP contribution in [0.5, 0.6) is 0 Å². The molecule has 2 heterocycles. The highest BCUT2D eigenvalue weighted by Crippen LogP contribution is 2.68. The average Bonchev–Trinajstić information content (AvgIpc) is 2.98. The summed E-state index contributed by atoms with van der Waals surface area (Å²) in [5.74, 6) is -1.89. The maximum absolute atomic E-state index is 12.5. The fourth-order valence-corrected chi connectivity index (χ4v) is 4.13. The first-order valence-corrected chi connectivity index (χ1v) is 8.92. The van der Waals surface area contributed by atoms with Gasteiger partial charge in [0.1, 0.15) is 10.8 Å². The van der Waals surface area contributed by atoms with Crippen LogP contribution >= 0.6 is 0 Å². The van der Waals surface area contributed by atoms with Crippen molar-refractivity contribution < 1.29 is 29.1 Å². The second-order valence-electron chi connectivity index (χ2n) is 7.53. The number of likely N-dealkylation sites (tertiary alicyclic amines) is 1. The number of aryl methyl sites for hydroxylation is 2. The molecule has 146 valence electrons. The van der Waals surface area contributed by atoms with Crippen LogP contribution in [0.25, 0.3) is 11.4 Å². The molecule has 4 rings (SSSR count). The minimum atomic E-state index is -1.36. The maximum Gasteiger partial charge on any atom is 0.312 e. The molecule has 0 bridgehead atoms. The van der Waals surface area contributed by atoms with E-state index >= 15 is 0 Å². The monoisotopic (exact) mass is 385 g/mol. The third-order valence-corrected chi connectivity index (χ3v) is 5.89. The summed E-state index contributed by atoms with van der Waals surface area (Å²) in [7, 11) is 0. The van der Waals surface area contributed by atoms with E-state index in [1.54, 1.807) is 0 Å². The van der Waals surface area contributed by atoms with E-state index in [1.807, 2.05) is 31.2 Å². The van der Waals surface area contributed by atoms with Gasteiger partial charge in [0.25, 0.3) is 0 Å². The van der Waals surface area contributed by atoms with Gasteiger partial charge in [0.05, 0.1) is 0 Å². The quantitative estimate of drug-likeness (QED) is 0.761. The molecule has 2 aliphatic rings. The summed E-state index contributed by atoms with van der Waals surface area (Å²) in [6, 6.07) is 7.59. The van der Waals surface area contributed by atoms with Gasteiger partial charge in [-0.25, -0.2) is 0 Å². The SMILES string of the molecule is Cc1ccccc1-c1noc(CCC(=O)N2C[C@@]3(C(=O)O)C[C@@]3(C(=O)O)C2)n1. The molecule has 9 nitrogen and oxygen atoms in total. The number of piperidine rings is 1. The van der Waals surface area contributed by atoms with Gasteiger partial charge < -0.3 is 19.6 Å². The van der Waals surface area contributed by atoms with Crippen LogP contribution in [-0.2, 0) is 20.8 Å². The smallest absolute Gasteiger partial charge is 0.312 e. The Bertz CT molecular complexity index is 958. The number of aromatic nitrogens is 2. The van der Waals surface area contributed by atoms with Crippen LogP contribution in [0.15, 0.2) is 28.8 Å². The van der Waals surface area contributed by atoms with E-state index < -0.39 is 22.8 Å². The number of fused-ring (bicyclic) bond motifs is 1. The molecule has 1 aliphatic carbocycles. The van der Waals surface area contributed by atoms with Crippen LogP contribution in [0.2, 0.25) is 0 Å². The number of hydrogen-bond donors (Lipinski definition) is 2. The molecule has 1 amide bonds. The van der Waals surface area contributed by atoms with Crippen molar-refractivity contribution in [2.45, 2.75) is 26.2 Å². The summed E-state index contributed by atoms with van der Waals surface area (Å²) in [6.07, 6.45) is 0.313. The van der Waals surface area contributed by atoms with Gasteiger partial charge in [-0.2, -0.15) is 4.98 Å². The molecule has 1 aliphatic heterocycles. The van der Waals surface area contributed by atoms with Gasteiger partial charge >= 0.3 is 11.9 Å². The fraction of sp³-hybridized carbons (Fsp3) is 0.421. The summed E-state index contributed by atoms with van der Waals surface area (Å²) in [5.41, 5.74) is -0.885. The van der Waals surface area contributed by atoms with Crippen molar-refractivity contribution in [3.63, 3.8) is 0 Å². The molecule has 0 unspecified atom stereocenters. The molecule has 1 saturated carbocycles. The van der Waals surface area contributed by atoms with Crippen LogP contribution < -0.4 is 0 Å². The lowest BCUT2D eigenvalue weighted by Gasteiger charge is -2.19. The molecule has 1 aromatic carbocycles. The van der Waals surface area contributed by atoms with Crippen molar-refractivity contribution in [1.29, 1.82) is 0 Å². The van der Waals surface area contributed by atoms with Crippen LogP contribution in [-0.4, -0.2) is 56.2 Å². The van der Waals surface area contributed by atoms with Crippen molar-refractivity contribution in [2.75, 3.05) is 13.1 Å². The number of carboxylic acids is 2. The lowest BCUT2D eigenvalue weighted by atomic mass is 9.97. The number of carboxylic acid groups (broad SMARTS) is 2. The zero-order valence-electron chi connectivity index (χ0n) is 15.2. The second kappa shape index (κ2) is 6.15. The molecule has 9 heteroatoms. The summed E-state index contributed by atoms with van der Waals surface area (Å²) in [4.78, 5) is 41.2. The number of carbonyl (C=O) groups is 3. The molecule has 28 heavy (non-hydrogen) atoms. The Labute approximate surface area is 160 Å². The molecule has 0 spiro atoms. The normalized spacial score (nSPS) is 25.4. The summed E-state index contributed by atoms with van der Waals surface area (Å²) < 4.78 is 5.21. The van der Waals surface area contributed by atoms with Crippen molar-refractivity contribution in [1.82, 2.24) is 15.0 Å². The molecular formula is C19H19N3O6. The molecule has 1 saturated heterocycles. The standard InChI is InChI=1S/C19H19N3O6/c1-11-4-2-3-5-12(11)15-20-13(28-21-15)6-7-14(23)22-9-18(16(24)25)8-19(18,10-22)17(26)27/h2-5H,6-10H2,1H3,(H,24,25)(H,26,27)/t18-,19+. The van der Waals surface area contributed by atoms with Crippen molar-refractivity contribution in [3.05, 3.63) is 35.7 Å². The zero-order chi connectivity index (χ0) is 20.1. The molecule has 1 aromatic heterocycles. The molecule has 2 atom stereocenters. The third kappa shape index (κ3) is 2.57. The van der Waals surface area contributed by atoms with Gasteiger partial charge in [0.2, 0.25) is 17.6 Å². The first-order valence-electron chi connectivity index (χ1n) is 8.92. The van der Waals surface area contributed by atoms with E-state index in [2.05, 4.69) is 10.1 Å². The van der Waals surface area contributed by atoms with Gasteiger partial charge in [-0.15, -0.1) is 0 Å². The number of rotatable bonds is 6. The van der Waals surface area contributed by atoms with Gasteiger partial charge in [0, 0.05) is 31.5 Å². The first kappa shape index (κ1) is 18.1. The van der Waals surface area contributed by atoms with Crippen molar-refractivity contribution in [2.24, 2.45) is 10.8 Å². The average molecular weight is 385 g/mol. The Morgan fingerprint density at radius 3 is 2.39 bits per heavy atom. The van der Waals surface area contributed by atoms with E-state index in [0.717, 1.165) is 11.1 Å². The van der Waals surface area contributed by atoms with Gasteiger partial charge in [-0.3, -0.25) is 14.4 Å². The highest BCUT2D eigenvalue weighted by molar-refractivity contribution is 5.96. The maximum atomic E-state index is 12.5. The van der Waals surface area contributed by atoms with Crippen molar-refractivity contribution in [3.8, 4) is 11.4 Å². The van der Waals surface area contributed by atoms with Crippen LogP contribution in [0.4, 0.5) is 0 Å². The number of aliphatic carboxylic acids is 2. The second-order valence-corrected chi connectivity index (χ2v) is 7.53. The Morgan fingerprint density at radius 2 is 1.79 bits per heavy atom. The molecular weight excluding hydrogens is 366 g/mol. The van der Waals surface area contributed by atoms with Crippen molar-refractivity contribution >= 4 is 17.8 Å². The first-order chi connectivity index (χ1) is 13.3. The third-order valence-electron chi connectivity index (χ3n) is 5.89. The Morgan fingerprint density at radius 1 is 1.14 bits per heavy atom. The van der Waals surface area contributed by atoms with Crippen LogP contribution in [0, 0.1) is 17.8 Å². The lowest BCUT2D eigenvalue weighted by molar-refractivity contribution is -0.151. The van der Waals surface area contributed by atoms with E-state index in [-0.39, 0.29) is 38.3 Å².